The van der Waals surface area contributed by atoms with Crippen molar-refractivity contribution >= 4 is 56.1 Å². The zero-order chi connectivity index (χ0) is 17.2. The minimum absolute atomic E-state index is 0.167. The number of nitrogens with zero attached hydrogens (tertiary/aromatic N) is 5. The Morgan fingerprint density at radius 3 is 3.08 bits per heavy atom. The molecule has 0 unspecified atom stereocenters. The fourth-order valence-corrected chi connectivity index (χ4v) is 4.14. The third-order valence-corrected chi connectivity index (χ3v) is 5.63. The summed E-state index contributed by atoms with van der Waals surface area (Å²) in [5, 5.41) is 4.87. The monoisotopic (exact) mass is 371 g/mol. The van der Waals surface area contributed by atoms with Gasteiger partial charge in [0.1, 0.15) is 6.33 Å². The van der Waals surface area contributed by atoms with E-state index in [-0.39, 0.29) is 11.7 Å². The number of aromatic nitrogens is 5. The first-order valence-corrected chi connectivity index (χ1v) is 9.17. The molecule has 0 aliphatic heterocycles. The molecule has 25 heavy (non-hydrogen) atoms. The van der Waals surface area contributed by atoms with E-state index in [0.717, 1.165) is 19.9 Å². The van der Waals surface area contributed by atoms with Gasteiger partial charge in [0.05, 0.1) is 27.6 Å². The molecule has 4 rings (SSSR count). The number of benzene rings is 1. The van der Waals surface area contributed by atoms with Crippen molar-refractivity contribution in [2.24, 2.45) is 7.05 Å². The second-order valence-corrected chi connectivity index (χ2v) is 7.39. The van der Waals surface area contributed by atoms with E-state index < -0.39 is 0 Å². The molecule has 2 N–H and O–H groups in total. The van der Waals surface area contributed by atoms with Crippen LogP contribution in [-0.4, -0.2) is 36.4 Å². The Kier molecular flexibility index (Phi) is 4.20. The highest BCUT2D eigenvalue weighted by molar-refractivity contribution is 8.01. The standard InChI is InChI=1S/C15H13N7OS2/c1-22-14-9(6-18-22)13(16-8-17-14)21-20-12(23)7-24-15-19-10-4-2-3-5-11(10)25-15/h2-6,8H,7H2,1H3,(H,20,23)(H,16,17,21). The molecule has 126 valence electrons. The minimum Gasteiger partial charge on any atom is -0.281 e. The van der Waals surface area contributed by atoms with Crippen LogP contribution >= 0.6 is 23.1 Å². The topological polar surface area (TPSA) is 97.6 Å². The summed E-state index contributed by atoms with van der Waals surface area (Å²) in [4.78, 5) is 24.8. The van der Waals surface area contributed by atoms with E-state index in [1.807, 2.05) is 24.3 Å². The van der Waals surface area contributed by atoms with E-state index in [9.17, 15) is 4.79 Å². The van der Waals surface area contributed by atoms with E-state index >= 15 is 0 Å². The molecule has 10 heteroatoms. The molecular formula is C15H13N7OS2. The fraction of sp³-hybridized carbons (Fsp3) is 0.133. The van der Waals surface area contributed by atoms with Gasteiger partial charge in [0.25, 0.3) is 0 Å². The number of hydrogen-bond donors (Lipinski definition) is 2. The van der Waals surface area contributed by atoms with Crippen molar-refractivity contribution in [3.8, 4) is 0 Å². The van der Waals surface area contributed by atoms with Crippen LogP contribution in [0.1, 0.15) is 0 Å². The SMILES string of the molecule is Cn1ncc2c(NNC(=O)CSc3nc4ccccc4s3)ncnc21. The van der Waals surface area contributed by atoms with E-state index in [0.29, 0.717) is 11.5 Å². The molecule has 4 aromatic rings. The zero-order valence-corrected chi connectivity index (χ0v) is 14.8. The van der Waals surface area contributed by atoms with Crippen LogP contribution in [0.3, 0.4) is 0 Å². The summed E-state index contributed by atoms with van der Waals surface area (Å²) in [6.45, 7) is 0. The van der Waals surface area contributed by atoms with Gasteiger partial charge in [-0.05, 0) is 12.1 Å². The number of fused-ring (bicyclic) bond motifs is 2. The van der Waals surface area contributed by atoms with Crippen LogP contribution in [0, 0.1) is 0 Å². The van der Waals surface area contributed by atoms with Crippen LogP contribution in [0.15, 0.2) is 41.1 Å². The average molecular weight is 371 g/mol. The minimum atomic E-state index is -0.167. The highest BCUT2D eigenvalue weighted by Crippen LogP contribution is 2.29. The molecule has 0 bridgehead atoms. The van der Waals surface area contributed by atoms with Gasteiger partial charge in [0.15, 0.2) is 15.8 Å². The number of thioether (sulfide) groups is 1. The van der Waals surface area contributed by atoms with Crippen LogP contribution < -0.4 is 10.9 Å². The Labute approximate surface area is 150 Å². The lowest BCUT2D eigenvalue weighted by molar-refractivity contribution is -0.118. The quantitative estimate of drug-likeness (QED) is 0.410. The summed E-state index contributed by atoms with van der Waals surface area (Å²) in [6.07, 6.45) is 3.08. The van der Waals surface area contributed by atoms with E-state index in [1.165, 1.54) is 18.1 Å². The number of para-hydroxylation sites is 1. The van der Waals surface area contributed by atoms with Gasteiger partial charge in [0, 0.05) is 7.05 Å². The first kappa shape index (κ1) is 15.8. The van der Waals surface area contributed by atoms with Gasteiger partial charge in [-0.1, -0.05) is 23.9 Å². The van der Waals surface area contributed by atoms with Crippen molar-refractivity contribution in [2.45, 2.75) is 4.34 Å². The van der Waals surface area contributed by atoms with Gasteiger partial charge < -0.3 is 0 Å². The predicted molar refractivity (Wildman–Crippen MR) is 98.4 cm³/mol. The van der Waals surface area contributed by atoms with Crippen molar-refractivity contribution in [2.75, 3.05) is 11.2 Å². The third-order valence-electron chi connectivity index (χ3n) is 3.45. The normalized spacial score (nSPS) is 11.1. The lowest BCUT2D eigenvalue weighted by Gasteiger charge is -2.07. The fourth-order valence-electron chi connectivity index (χ4n) is 2.27. The molecule has 1 amide bonds. The van der Waals surface area contributed by atoms with Gasteiger partial charge >= 0.3 is 0 Å². The van der Waals surface area contributed by atoms with Crippen molar-refractivity contribution in [3.05, 3.63) is 36.8 Å². The molecule has 0 radical (unpaired) electrons. The lowest BCUT2D eigenvalue weighted by Crippen LogP contribution is -2.31. The molecule has 8 nitrogen and oxygen atoms in total. The second kappa shape index (κ2) is 6.65. The maximum atomic E-state index is 12.1. The number of aryl methyl sites for hydroxylation is 1. The number of carbonyl (C=O) groups is 1. The van der Waals surface area contributed by atoms with Crippen LogP contribution in [0.4, 0.5) is 5.82 Å². The Hall–Kier alpha value is -2.72. The Balaban J connectivity index is 1.37. The summed E-state index contributed by atoms with van der Waals surface area (Å²) in [6, 6.07) is 7.92. The summed E-state index contributed by atoms with van der Waals surface area (Å²) < 4.78 is 3.63. The van der Waals surface area contributed by atoms with Crippen molar-refractivity contribution in [1.82, 2.24) is 30.2 Å². The lowest BCUT2D eigenvalue weighted by atomic mass is 10.3. The zero-order valence-electron chi connectivity index (χ0n) is 13.1. The maximum absolute atomic E-state index is 12.1. The van der Waals surface area contributed by atoms with Gasteiger partial charge in [-0.15, -0.1) is 11.3 Å². The molecule has 0 spiro atoms. The molecule has 0 saturated heterocycles. The molecule has 0 aliphatic rings. The number of rotatable bonds is 5. The number of amides is 1. The highest BCUT2D eigenvalue weighted by atomic mass is 32.2. The first-order chi connectivity index (χ1) is 12.2. The molecule has 0 aliphatic carbocycles. The summed E-state index contributed by atoms with van der Waals surface area (Å²) in [7, 11) is 1.80. The number of hydrogen-bond acceptors (Lipinski definition) is 8. The Morgan fingerprint density at radius 1 is 1.32 bits per heavy atom. The van der Waals surface area contributed by atoms with Gasteiger partial charge in [-0.25, -0.2) is 15.0 Å². The van der Waals surface area contributed by atoms with Gasteiger partial charge in [0.2, 0.25) is 5.91 Å². The second-order valence-electron chi connectivity index (χ2n) is 5.14. The molecule has 3 aromatic heterocycles. The molecular weight excluding hydrogens is 358 g/mol. The largest absolute Gasteiger partial charge is 0.281 e. The predicted octanol–water partition coefficient (Wildman–Crippen LogP) is 2.21. The number of carbonyl (C=O) groups excluding carboxylic acids is 1. The van der Waals surface area contributed by atoms with E-state index in [4.69, 9.17) is 0 Å². The number of hydrazine groups is 1. The molecule has 3 heterocycles. The van der Waals surface area contributed by atoms with Crippen molar-refractivity contribution in [1.29, 1.82) is 0 Å². The number of thiazole rings is 1. The van der Waals surface area contributed by atoms with Crippen LogP contribution in [0.2, 0.25) is 0 Å². The Morgan fingerprint density at radius 2 is 2.20 bits per heavy atom. The van der Waals surface area contributed by atoms with Gasteiger partial charge in [-0.3, -0.25) is 20.3 Å². The maximum Gasteiger partial charge on any atom is 0.248 e. The summed E-state index contributed by atoms with van der Waals surface area (Å²) in [5.41, 5.74) is 7.12. The van der Waals surface area contributed by atoms with Gasteiger partial charge in [-0.2, -0.15) is 5.10 Å². The molecule has 1 aromatic carbocycles. The van der Waals surface area contributed by atoms with Crippen LogP contribution in [0.5, 0.6) is 0 Å². The van der Waals surface area contributed by atoms with Crippen LogP contribution in [-0.2, 0) is 11.8 Å². The molecule has 0 atom stereocenters. The molecule has 0 saturated carbocycles. The smallest absolute Gasteiger partial charge is 0.248 e. The van der Waals surface area contributed by atoms with E-state index in [1.54, 1.807) is 29.3 Å². The average Bonchev–Trinajstić information content (AvgIpc) is 3.22. The van der Waals surface area contributed by atoms with Crippen molar-refractivity contribution in [3.63, 3.8) is 0 Å². The van der Waals surface area contributed by atoms with E-state index in [2.05, 4.69) is 30.9 Å². The summed E-state index contributed by atoms with van der Waals surface area (Å²) in [5.74, 6) is 0.602. The van der Waals surface area contributed by atoms with Crippen LogP contribution in [0.25, 0.3) is 21.3 Å². The van der Waals surface area contributed by atoms with Crippen molar-refractivity contribution < 1.29 is 4.79 Å². The Bertz CT molecular complexity index is 1030. The third kappa shape index (κ3) is 3.26. The first-order valence-electron chi connectivity index (χ1n) is 7.36. The summed E-state index contributed by atoms with van der Waals surface area (Å²) >= 11 is 2.98. The molecule has 0 fully saturated rings. The number of anilines is 1. The number of nitrogens with one attached hydrogen (secondary N) is 2. The highest BCUT2D eigenvalue weighted by Gasteiger charge is 2.10.